The fourth-order valence-electron chi connectivity index (χ4n) is 6.65. The lowest BCUT2D eigenvalue weighted by Crippen LogP contribution is -2.19. The summed E-state index contributed by atoms with van der Waals surface area (Å²) in [6.07, 6.45) is 6.14. The molecule has 7 N–H and O–H groups in total. The minimum Gasteiger partial charge on any atom is -0.481 e. The average molecular weight is 638 g/mol. The lowest BCUT2D eigenvalue weighted by molar-refractivity contribution is -0.137. The lowest BCUT2D eigenvalue weighted by Gasteiger charge is -2.17. The van der Waals surface area contributed by atoms with E-state index < -0.39 is 11.9 Å². The number of hydroxylamine groups is 1. The number of allylic oxidation sites excluding steroid dienone is 2. The summed E-state index contributed by atoms with van der Waals surface area (Å²) >= 11 is 4.65. The van der Waals surface area contributed by atoms with E-state index in [0.717, 1.165) is 67.6 Å². The molecule has 12 heteroatoms. The number of rotatable bonds is 12. The standard InChI is InChI=1S/C33H43N5O6S/c1-7-20-15(2)25(36-32(20)42)12-23-17(4)22(10-11-33(43)38-44-33)27(34-23)14-26-21(8-9-29(39)40)16(3)24(35-26)13-28-30(19(6)45)18(5)31(41)37-28/h12-13,18-19,30,34-35,38,43,45H,7-11,14H2,1-6H3,(H,36,42)(H,37,41)(H,39,40)/b25-12-,28-13-/t18-,19-,30+,33-/m1/s1. The van der Waals surface area contributed by atoms with Crippen LogP contribution in [0.1, 0.15) is 92.0 Å². The third-order valence-corrected chi connectivity index (χ3v) is 9.75. The van der Waals surface area contributed by atoms with Gasteiger partial charge in [-0.1, -0.05) is 20.8 Å². The molecular weight excluding hydrogens is 594 g/mol. The number of carboxylic acid groups (broad SMARTS) is 1. The Labute approximate surface area is 268 Å². The number of H-pyrrole nitrogens is 2. The summed E-state index contributed by atoms with van der Waals surface area (Å²) in [4.78, 5) is 48.8. The van der Waals surface area contributed by atoms with E-state index in [1.165, 1.54) is 0 Å². The molecule has 2 aromatic heterocycles. The van der Waals surface area contributed by atoms with Gasteiger partial charge in [-0.15, -0.1) is 5.48 Å². The van der Waals surface area contributed by atoms with E-state index in [1.54, 1.807) is 0 Å². The van der Waals surface area contributed by atoms with E-state index in [2.05, 4.69) is 38.7 Å². The highest BCUT2D eigenvalue weighted by molar-refractivity contribution is 7.80. The van der Waals surface area contributed by atoms with Gasteiger partial charge in [0.2, 0.25) is 5.91 Å². The minimum absolute atomic E-state index is 0.0269. The minimum atomic E-state index is -1.35. The highest BCUT2D eigenvalue weighted by Crippen LogP contribution is 2.35. The molecule has 45 heavy (non-hydrogen) atoms. The van der Waals surface area contributed by atoms with Crippen LogP contribution in [0, 0.1) is 25.7 Å². The number of hydrogen-bond donors (Lipinski definition) is 8. The highest BCUT2D eigenvalue weighted by Gasteiger charge is 2.42. The van der Waals surface area contributed by atoms with Crippen LogP contribution in [0.15, 0.2) is 22.5 Å². The zero-order chi connectivity index (χ0) is 32.8. The summed E-state index contributed by atoms with van der Waals surface area (Å²) in [5, 5.41) is 25.8. The van der Waals surface area contributed by atoms with Crippen molar-refractivity contribution < 1.29 is 29.4 Å². The van der Waals surface area contributed by atoms with E-state index in [4.69, 9.17) is 4.84 Å². The smallest absolute Gasteiger partial charge is 0.303 e. The maximum Gasteiger partial charge on any atom is 0.303 e. The molecule has 5 heterocycles. The summed E-state index contributed by atoms with van der Waals surface area (Å²) in [6, 6.07) is 0. The number of carboxylic acids is 1. The molecule has 3 aliphatic heterocycles. The molecule has 5 rings (SSSR count). The molecule has 4 atom stereocenters. The number of aliphatic carboxylic acids is 1. The first-order valence-corrected chi connectivity index (χ1v) is 16.0. The third kappa shape index (κ3) is 6.69. The Balaban J connectivity index is 1.56. The maximum atomic E-state index is 12.5. The Morgan fingerprint density at radius 2 is 1.64 bits per heavy atom. The number of aliphatic hydroxyl groups is 1. The maximum absolute atomic E-state index is 12.5. The van der Waals surface area contributed by atoms with Gasteiger partial charge >= 0.3 is 5.97 Å². The van der Waals surface area contributed by atoms with Gasteiger partial charge in [0, 0.05) is 76.1 Å². The first-order valence-electron chi connectivity index (χ1n) is 15.5. The molecular formula is C33H43N5O6S. The number of amides is 2. The lowest BCUT2D eigenvalue weighted by atomic mass is 9.91. The van der Waals surface area contributed by atoms with Crippen LogP contribution in [0.2, 0.25) is 0 Å². The monoisotopic (exact) mass is 637 g/mol. The predicted octanol–water partition coefficient (Wildman–Crippen LogP) is 3.92. The van der Waals surface area contributed by atoms with Gasteiger partial charge in [0.25, 0.3) is 11.8 Å². The molecule has 0 bridgehead atoms. The largest absolute Gasteiger partial charge is 0.481 e. The molecule has 0 unspecified atom stereocenters. The van der Waals surface area contributed by atoms with Crippen molar-refractivity contribution in [1.29, 1.82) is 0 Å². The van der Waals surface area contributed by atoms with Crippen LogP contribution in [0.3, 0.4) is 0 Å². The fourth-order valence-corrected chi connectivity index (χ4v) is 7.07. The van der Waals surface area contributed by atoms with E-state index in [0.29, 0.717) is 32.1 Å². The molecule has 0 saturated carbocycles. The number of thiol groups is 1. The normalized spacial score (nSPS) is 25.4. The van der Waals surface area contributed by atoms with Crippen LogP contribution in [-0.4, -0.2) is 49.1 Å². The van der Waals surface area contributed by atoms with E-state index in [1.807, 2.05) is 53.7 Å². The first kappa shape index (κ1) is 32.8. The number of nitrogens with one attached hydrogen (secondary N) is 5. The van der Waals surface area contributed by atoms with Gasteiger partial charge in [-0.25, -0.2) is 4.84 Å². The molecule has 0 aliphatic carbocycles. The Morgan fingerprint density at radius 3 is 2.18 bits per heavy atom. The zero-order valence-electron chi connectivity index (χ0n) is 26.6. The van der Waals surface area contributed by atoms with Crippen molar-refractivity contribution in [3.63, 3.8) is 0 Å². The van der Waals surface area contributed by atoms with Crippen LogP contribution < -0.4 is 16.1 Å². The quantitative estimate of drug-likeness (QED) is 0.128. The molecule has 2 fully saturated rings. The van der Waals surface area contributed by atoms with Crippen molar-refractivity contribution in [2.75, 3.05) is 0 Å². The second kappa shape index (κ2) is 12.7. The number of hydrogen-bond acceptors (Lipinski definition) is 7. The molecule has 242 valence electrons. The van der Waals surface area contributed by atoms with E-state index >= 15 is 0 Å². The summed E-state index contributed by atoms with van der Waals surface area (Å²) < 4.78 is 0. The van der Waals surface area contributed by atoms with Crippen molar-refractivity contribution in [2.45, 2.75) is 91.2 Å². The van der Waals surface area contributed by atoms with Crippen molar-refractivity contribution in [3.05, 3.63) is 67.6 Å². The molecule has 11 nitrogen and oxygen atoms in total. The molecule has 0 aromatic carbocycles. The van der Waals surface area contributed by atoms with Crippen molar-refractivity contribution >= 4 is 42.6 Å². The van der Waals surface area contributed by atoms with Gasteiger partial charge in [-0.2, -0.15) is 12.6 Å². The third-order valence-electron chi connectivity index (χ3n) is 9.43. The molecule has 2 saturated heterocycles. The molecule has 2 aromatic rings. The number of aromatic nitrogens is 2. The van der Waals surface area contributed by atoms with Crippen molar-refractivity contribution in [2.24, 2.45) is 11.8 Å². The molecule has 0 radical (unpaired) electrons. The second-order valence-corrected chi connectivity index (χ2v) is 13.2. The zero-order valence-corrected chi connectivity index (χ0v) is 27.5. The number of carbonyl (C=O) groups excluding carboxylic acids is 2. The Hall–Kier alpha value is -3.58. The summed E-state index contributed by atoms with van der Waals surface area (Å²) in [6.45, 7) is 11.7. The first-order chi connectivity index (χ1) is 21.2. The summed E-state index contributed by atoms with van der Waals surface area (Å²) in [5.41, 5.74) is 13.0. The van der Waals surface area contributed by atoms with Gasteiger partial charge in [-0.05, 0) is 80.0 Å². The highest BCUT2D eigenvalue weighted by atomic mass is 32.1. The van der Waals surface area contributed by atoms with Gasteiger partial charge in [-0.3, -0.25) is 14.4 Å². The SMILES string of the molecule is CCC1=C(C)/C(=C/c2[nH]c(Cc3[nH]c(/C=C4\NC(=O)[C@H](C)[C@H]4[C@@H](C)S)c(C)c3CCC(=O)O)c(CC[C@]3(O)NO3)c2C)NC1=O. The van der Waals surface area contributed by atoms with Crippen molar-refractivity contribution in [3.8, 4) is 0 Å². The number of aromatic amines is 2. The van der Waals surface area contributed by atoms with Crippen LogP contribution >= 0.6 is 12.6 Å². The van der Waals surface area contributed by atoms with Gasteiger partial charge in [0.15, 0.2) is 0 Å². The molecule has 3 aliphatic rings. The Bertz CT molecular complexity index is 1640. The van der Waals surface area contributed by atoms with Gasteiger partial charge in [0.05, 0.1) is 0 Å². The van der Waals surface area contributed by atoms with Crippen LogP contribution in [0.4, 0.5) is 0 Å². The van der Waals surface area contributed by atoms with Crippen molar-refractivity contribution in [1.82, 2.24) is 26.1 Å². The molecule has 2 amide bonds. The second-order valence-electron chi connectivity index (χ2n) is 12.4. The van der Waals surface area contributed by atoms with Crippen LogP contribution in [0.25, 0.3) is 12.2 Å². The summed E-state index contributed by atoms with van der Waals surface area (Å²) in [5.74, 6) is -2.65. The summed E-state index contributed by atoms with van der Waals surface area (Å²) in [7, 11) is 0. The van der Waals surface area contributed by atoms with Crippen LogP contribution in [-0.2, 0) is 38.5 Å². The predicted molar refractivity (Wildman–Crippen MR) is 174 cm³/mol. The van der Waals surface area contributed by atoms with E-state index in [9.17, 15) is 24.6 Å². The average Bonchev–Trinajstić information content (AvgIpc) is 3.25. The topological polar surface area (TPSA) is 182 Å². The fraction of sp³-hybridized carbons (Fsp3) is 0.485. The Kier molecular flexibility index (Phi) is 9.23. The number of carbonyl (C=O) groups is 3. The van der Waals surface area contributed by atoms with Crippen LogP contribution in [0.5, 0.6) is 0 Å². The van der Waals surface area contributed by atoms with Gasteiger partial charge in [0.1, 0.15) is 0 Å². The Morgan fingerprint density at radius 1 is 1.04 bits per heavy atom. The van der Waals surface area contributed by atoms with E-state index in [-0.39, 0.29) is 35.3 Å². The molecule has 0 spiro atoms. The van der Waals surface area contributed by atoms with Gasteiger partial charge < -0.3 is 30.8 Å².